The predicted octanol–water partition coefficient (Wildman–Crippen LogP) is 3.18. The summed E-state index contributed by atoms with van der Waals surface area (Å²) in [6, 6.07) is 16.8. The largest absolute Gasteiger partial charge is 0.333 e. The van der Waals surface area contributed by atoms with Crippen molar-refractivity contribution in [3.05, 3.63) is 60.2 Å². The van der Waals surface area contributed by atoms with E-state index in [4.69, 9.17) is 0 Å². The Bertz CT molecular complexity index is 730. The second-order valence-electron chi connectivity index (χ2n) is 5.85. The monoisotopic (exact) mass is 323 g/mol. The van der Waals surface area contributed by atoms with Crippen LogP contribution in [-0.2, 0) is 11.2 Å². The fourth-order valence-electron chi connectivity index (χ4n) is 2.96. The number of para-hydroxylation sites is 2. The lowest BCUT2D eigenvalue weighted by Crippen LogP contribution is -2.39. The second kappa shape index (κ2) is 7.17. The highest BCUT2D eigenvalue weighted by molar-refractivity contribution is 5.97. The van der Waals surface area contributed by atoms with Crippen molar-refractivity contribution in [3.63, 3.8) is 0 Å². The van der Waals surface area contributed by atoms with Gasteiger partial charge in [0.25, 0.3) is 0 Å². The maximum Gasteiger partial charge on any atom is 0.319 e. The zero-order chi connectivity index (χ0) is 16.9. The number of hydrogen-bond acceptors (Lipinski definition) is 2. The lowest BCUT2D eigenvalue weighted by molar-refractivity contribution is -0.117. The van der Waals surface area contributed by atoms with Crippen LogP contribution in [0.3, 0.4) is 0 Å². The van der Waals surface area contributed by atoms with E-state index in [9.17, 15) is 9.59 Å². The Labute approximate surface area is 141 Å². The van der Waals surface area contributed by atoms with Gasteiger partial charge in [-0.25, -0.2) is 4.79 Å². The molecule has 3 rings (SSSR count). The maximum atomic E-state index is 12.2. The molecule has 0 spiro atoms. The Morgan fingerprint density at radius 3 is 2.58 bits per heavy atom. The first kappa shape index (κ1) is 16.1. The average molecular weight is 323 g/mol. The molecule has 0 aliphatic carbocycles. The van der Waals surface area contributed by atoms with Crippen molar-refractivity contribution in [2.24, 2.45) is 0 Å². The summed E-state index contributed by atoms with van der Waals surface area (Å²) in [5, 5.41) is 5.77. The van der Waals surface area contributed by atoms with Crippen molar-refractivity contribution < 1.29 is 9.59 Å². The van der Waals surface area contributed by atoms with Gasteiger partial charge in [-0.1, -0.05) is 43.3 Å². The van der Waals surface area contributed by atoms with Crippen molar-refractivity contribution in [1.29, 1.82) is 0 Å². The molecule has 1 atom stereocenters. The number of anilines is 2. The van der Waals surface area contributed by atoms with Crippen LogP contribution in [0.25, 0.3) is 0 Å². The summed E-state index contributed by atoms with van der Waals surface area (Å²) in [6.45, 7) is 2.54. The Morgan fingerprint density at radius 1 is 1.12 bits per heavy atom. The molecule has 2 aromatic rings. The van der Waals surface area contributed by atoms with E-state index in [-0.39, 0.29) is 18.0 Å². The van der Waals surface area contributed by atoms with Crippen LogP contribution >= 0.6 is 0 Å². The third-order valence-corrected chi connectivity index (χ3v) is 4.17. The Morgan fingerprint density at radius 2 is 1.83 bits per heavy atom. The van der Waals surface area contributed by atoms with Crippen molar-refractivity contribution in [1.82, 2.24) is 5.32 Å². The van der Waals surface area contributed by atoms with Gasteiger partial charge in [0.1, 0.15) is 0 Å². The zero-order valence-electron chi connectivity index (χ0n) is 13.7. The van der Waals surface area contributed by atoms with Gasteiger partial charge in [-0.2, -0.15) is 0 Å². The van der Waals surface area contributed by atoms with Crippen molar-refractivity contribution in [3.8, 4) is 0 Å². The Hall–Kier alpha value is -2.82. The maximum absolute atomic E-state index is 12.2. The highest BCUT2D eigenvalue weighted by Gasteiger charge is 2.31. The van der Waals surface area contributed by atoms with Gasteiger partial charge in [0, 0.05) is 24.3 Å². The molecule has 1 heterocycles. The molecule has 1 aliphatic rings. The van der Waals surface area contributed by atoms with Gasteiger partial charge in [0.05, 0.1) is 6.04 Å². The molecule has 24 heavy (non-hydrogen) atoms. The van der Waals surface area contributed by atoms with Gasteiger partial charge in [0.2, 0.25) is 5.91 Å². The van der Waals surface area contributed by atoms with E-state index in [0.29, 0.717) is 13.0 Å². The van der Waals surface area contributed by atoms with Crippen LogP contribution in [0.2, 0.25) is 0 Å². The van der Waals surface area contributed by atoms with Crippen LogP contribution in [0.1, 0.15) is 18.9 Å². The lowest BCUT2D eigenvalue weighted by Gasteiger charge is -2.17. The molecule has 0 saturated carbocycles. The molecule has 5 heteroatoms. The molecule has 2 N–H and O–H groups in total. The van der Waals surface area contributed by atoms with Crippen LogP contribution in [0.4, 0.5) is 16.2 Å². The molecule has 0 radical (unpaired) electrons. The molecular weight excluding hydrogens is 302 g/mol. The smallest absolute Gasteiger partial charge is 0.319 e. The number of rotatable bonds is 4. The third kappa shape index (κ3) is 3.56. The van der Waals surface area contributed by atoms with E-state index in [1.54, 1.807) is 4.90 Å². The first-order chi connectivity index (χ1) is 11.7. The molecule has 124 valence electrons. The van der Waals surface area contributed by atoms with Gasteiger partial charge in [-0.3, -0.25) is 4.79 Å². The number of hydrogen-bond donors (Lipinski definition) is 2. The van der Waals surface area contributed by atoms with Crippen LogP contribution in [0.15, 0.2) is 54.6 Å². The number of nitrogens with one attached hydrogen (secondary N) is 2. The third-order valence-electron chi connectivity index (χ3n) is 4.17. The van der Waals surface area contributed by atoms with Gasteiger partial charge >= 0.3 is 6.03 Å². The Balaban J connectivity index is 1.61. The SMILES string of the molecule is CCc1ccccc1NC(=O)NC1CC(=O)N(c2ccccc2)C1. The van der Waals surface area contributed by atoms with Crippen molar-refractivity contribution in [2.45, 2.75) is 25.8 Å². The van der Waals surface area contributed by atoms with Gasteiger partial charge in [0.15, 0.2) is 0 Å². The first-order valence-electron chi connectivity index (χ1n) is 8.18. The number of carbonyl (C=O) groups excluding carboxylic acids is 2. The topological polar surface area (TPSA) is 61.4 Å². The van der Waals surface area contributed by atoms with Gasteiger partial charge in [-0.05, 0) is 30.2 Å². The summed E-state index contributed by atoms with van der Waals surface area (Å²) in [6.07, 6.45) is 1.16. The first-order valence-corrected chi connectivity index (χ1v) is 8.18. The fourth-order valence-corrected chi connectivity index (χ4v) is 2.96. The van der Waals surface area contributed by atoms with Crippen LogP contribution in [-0.4, -0.2) is 24.5 Å². The number of nitrogens with zero attached hydrogens (tertiary/aromatic N) is 1. The van der Waals surface area contributed by atoms with Crippen LogP contribution in [0, 0.1) is 0 Å². The summed E-state index contributed by atoms with van der Waals surface area (Å²) in [4.78, 5) is 26.1. The molecule has 1 aliphatic heterocycles. The molecule has 0 bridgehead atoms. The fraction of sp³-hybridized carbons (Fsp3) is 0.263. The number of benzene rings is 2. The van der Waals surface area contributed by atoms with E-state index in [1.807, 2.05) is 61.5 Å². The molecule has 1 saturated heterocycles. The summed E-state index contributed by atoms with van der Waals surface area (Å²) in [7, 11) is 0. The highest BCUT2D eigenvalue weighted by Crippen LogP contribution is 2.21. The minimum atomic E-state index is -0.274. The molecule has 2 aromatic carbocycles. The van der Waals surface area contributed by atoms with Gasteiger partial charge < -0.3 is 15.5 Å². The van der Waals surface area contributed by atoms with E-state index in [0.717, 1.165) is 23.4 Å². The predicted molar refractivity (Wildman–Crippen MR) is 95.2 cm³/mol. The summed E-state index contributed by atoms with van der Waals surface area (Å²) >= 11 is 0. The van der Waals surface area contributed by atoms with E-state index < -0.39 is 0 Å². The number of amides is 3. The highest BCUT2D eigenvalue weighted by atomic mass is 16.2. The Kier molecular flexibility index (Phi) is 4.79. The summed E-state index contributed by atoms with van der Waals surface area (Å²) < 4.78 is 0. The van der Waals surface area contributed by atoms with E-state index >= 15 is 0 Å². The minimum Gasteiger partial charge on any atom is -0.333 e. The summed E-state index contributed by atoms with van der Waals surface area (Å²) in [5.41, 5.74) is 2.76. The molecular formula is C19H21N3O2. The number of carbonyl (C=O) groups is 2. The number of urea groups is 1. The van der Waals surface area contributed by atoms with Crippen molar-refractivity contribution >= 4 is 23.3 Å². The average Bonchev–Trinajstić information content (AvgIpc) is 2.96. The minimum absolute atomic E-state index is 0.0282. The zero-order valence-corrected chi connectivity index (χ0v) is 13.7. The quantitative estimate of drug-likeness (QED) is 0.908. The molecule has 3 amide bonds. The normalized spacial score (nSPS) is 17.0. The lowest BCUT2D eigenvalue weighted by atomic mass is 10.1. The standard InChI is InChI=1S/C19H21N3O2/c1-2-14-8-6-7-11-17(14)21-19(24)20-15-12-18(23)22(13-15)16-9-4-3-5-10-16/h3-11,15H,2,12-13H2,1H3,(H2,20,21,24). The molecule has 1 unspecified atom stereocenters. The van der Waals surface area contributed by atoms with Crippen LogP contribution in [0.5, 0.6) is 0 Å². The van der Waals surface area contributed by atoms with Crippen LogP contribution < -0.4 is 15.5 Å². The number of aryl methyl sites for hydroxylation is 1. The molecule has 5 nitrogen and oxygen atoms in total. The second-order valence-corrected chi connectivity index (χ2v) is 5.85. The van der Waals surface area contributed by atoms with E-state index in [1.165, 1.54) is 0 Å². The van der Waals surface area contributed by atoms with Gasteiger partial charge in [-0.15, -0.1) is 0 Å². The van der Waals surface area contributed by atoms with Crippen molar-refractivity contribution in [2.75, 3.05) is 16.8 Å². The van der Waals surface area contributed by atoms with E-state index in [2.05, 4.69) is 10.6 Å². The summed E-state index contributed by atoms with van der Waals surface area (Å²) in [5.74, 6) is 0.0282. The molecule has 1 fully saturated rings. The molecule has 0 aromatic heterocycles.